The molecule has 1 fully saturated rings. The second-order valence-corrected chi connectivity index (χ2v) is 10.3. The molecule has 0 saturated carbocycles. The Morgan fingerprint density at radius 2 is 1.58 bits per heavy atom. The van der Waals surface area contributed by atoms with Gasteiger partial charge >= 0.3 is 6.09 Å². The van der Waals surface area contributed by atoms with Gasteiger partial charge in [0.1, 0.15) is 12.6 Å². The average Bonchev–Trinajstić information content (AvgIpc) is 2.82. The van der Waals surface area contributed by atoms with Crippen LogP contribution in [0, 0.1) is 5.92 Å². The zero-order chi connectivity index (χ0) is 23.7. The van der Waals surface area contributed by atoms with Crippen LogP contribution in [0.5, 0.6) is 0 Å². The topological polar surface area (TPSA) is 105 Å². The molecule has 2 N–H and O–H groups in total. The second kappa shape index (κ2) is 11.8. The molecule has 1 aliphatic heterocycles. The molecule has 2 aromatic carbocycles. The molecule has 2 aromatic rings. The van der Waals surface area contributed by atoms with Gasteiger partial charge in [0, 0.05) is 26.1 Å². The van der Waals surface area contributed by atoms with E-state index >= 15 is 0 Å². The lowest BCUT2D eigenvalue weighted by molar-refractivity contribution is -0.123. The number of carbonyl (C=O) groups excluding carboxylic acids is 2. The number of piperidine rings is 1. The minimum Gasteiger partial charge on any atom is -0.445 e. The maximum absolute atomic E-state index is 12.9. The molecule has 8 nitrogen and oxygen atoms in total. The number of rotatable bonds is 9. The van der Waals surface area contributed by atoms with Gasteiger partial charge in [0.25, 0.3) is 0 Å². The highest BCUT2D eigenvalue weighted by molar-refractivity contribution is 7.88. The van der Waals surface area contributed by atoms with Gasteiger partial charge in [-0.1, -0.05) is 60.7 Å². The first-order valence-electron chi connectivity index (χ1n) is 11.1. The minimum atomic E-state index is -3.18. The summed E-state index contributed by atoms with van der Waals surface area (Å²) in [7, 11) is -3.18. The number of sulfonamides is 1. The SMILES string of the molecule is CS(=O)(=O)N1CCC(CNC(=O)C(Cc2ccccc2)NC(=O)OCc2ccccc2)CC1. The van der Waals surface area contributed by atoms with Crippen LogP contribution < -0.4 is 10.6 Å². The lowest BCUT2D eigenvalue weighted by Gasteiger charge is -2.30. The third-order valence-electron chi connectivity index (χ3n) is 5.71. The summed E-state index contributed by atoms with van der Waals surface area (Å²) in [6, 6.07) is 18.0. The number of carbonyl (C=O) groups is 2. The maximum atomic E-state index is 12.9. The number of nitrogens with one attached hydrogen (secondary N) is 2. The number of amides is 2. The predicted octanol–water partition coefficient (Wildman–Crippen LogP) is 2.31. The van der Waals surface area contributed by atoms with Gasteiger partial charge in [0.05, 0.1) is 6.26 Å². The zero-order valence-corrected chi connectivity index (χ0v) is 19.6. The minimum absolute atomic E-state index is 0.116. The predicted molar refractivity (Wildman–Crippen MR) is 126 cm³/mol. The van der Waals surface area contributed by atoms with Crippen molar-refractivity contribution < 1.29 is 22.7 Å². The van der Waals surface area contributed by atoms with Crippen LogP contribution in [0.2, 0.25) is 0 Å². The van der Waals surface area contributed by atoms with Gasteiger partial charge < -0.3 is 15.4 Å². The molecule has 0 spiro atoms. The molecule has 9 heteroatoms. The Hall–Kier alpha value is -2.91. The lowest BCUT2D eigenvalue weighted by atomic mass is 9.98. The summed E-state index contributed by atoms with van der Waals surface area (Å²) in [6.45, 7) is 1.46. The number of hydrogen-bond donors (Lipinski definition) is 2. The third-order valence-corrected chi connectivity index (χ3v) is 7.01. The van der Waals surface area contributed by atoms with Crippen LogP contribution in [-0.4, -0.2) is 56.7 Å². The summed E-state index contributed by atoms with van der Waals surface area (Å²) < 4.78 is 30.1. The van der Waals surface area contributed by atoms with Crippen molar-refractivity contribution in [3.05, 3.63) is 71.8 Å². The highest BCUT2D eigenvalue weighted by Crippen LogP contribution is 2.18. The first-order valence-corrected chi connectivity index (χ1v) is 12.9. The molecule has 1 saturated heterocycles. The van der Waals surface area contributed by atoms with Gasteiger partial charge in [-0.25, -0.2) is 17.5 Å². The van der Waals surface area contributed by atoms with E-state index < -0.39 is 22.2 Å². The highest BCUT2D eigenvalue weighted by Gasteiger charge is 2.27. The number of nitrogens with zero attached hydrogens (tertiary/aromatic N) is 1. The van der Waals surface area contributed by atoms with E-state index in [1.807, 2.05) is 60.7 Å². The zero-order valence-electron chi connectivity index (χ0n) is 18.8. The molecule has 0 aromatic heterocycles. The number of hydrogen-bond acceptors (Lipinski definition) is 5. The quantitative estimate of drug-likeness (QED) is 0.582. The molecule has 33 heavy (non-hydrogen) atoms. The van der Waals surface area contributed by atoms with Crippen molar-refractivity contribution in [2.75, 3.05) is 25.9 Å². The van der Waals surface area contributed by atoms with Crippen molar-refractivity contribution in [3.8, 4) is 0 Å². The molecular weight excluding hydrogens is 442 g/mol. The van der Waals surface area contributed by atoms with E-state index in [2.05, 4.69) is 10.6 Å². The smallest absolute Gasteiger partial charge is 0.408 e. The third kappa shape index (κ3) is 8.18. The molecule has 1 aliphatic rings. The van der Waals surface area contributed by atoms with E-state index in [0.29, 0.717) is 38.9 Å². The Labute approximate surface area is 195 Å². The molecule has 3 rings (SSSR count). The van der Waals surface area contributed by atoms with E-state index in [4.69, 9.17) is 4.74 Å². The largest absolute Gasteiger partial charge is 0.445 e. The first kappa shape index (κ1) is 24.7. The molecule has 1 unspecified atom stereocenters. The summed E-state index contributed by atoms with van der Waals surface area (Å²) in [4.78, 5) is 25.3. The van der Waals surface area contributed by atoms with Crippen molar-refractivity contribution in [3.63, 3.8) is 0 Å². The average molecular weight is 474 g/mol. The van der Waals surface area contributed by atoms with E-state index in [0.717, 1.165) is 11.1 Å². The fourth-order valence-electron chi connectivity index (χ4n) is 3.78. The molecule has 1 atom stereocenters. The Morgan fingerprint density at radius 1 is 1.00 bits per heavy atom. The Balaban J connectivity index is 1.54. The van der Waals surface area contributed by atoms with E-state index in [-0.39, 0.29) is 18.4 Å². The van der Waals surface area contributed by atoms with Crippen LogP contribution in [-0.2, 0) is 32.6 Å². The van der Waals surface area contributed by atoms with Crippen molar-refractivity contribution in [1.82, 2.24) is 14.9 Å². The molecule has 2 amide bonds. The maximum Gasteiger partial charge on any atom is 0.408 e. The van der Waals surface area contributed by atoms with Crippen molar-refractivity contribution in [1.29, 1.82) is 0 Å². The number of ether oxygens (including phenoxy) is 1. The Kier molecular flexibility index (Phi) is 8.85. The van der Waals surface area contributed by atoms with Gasteiger partial charge in [0.2, 0.25) is 15.9 Å². The molecule has 0 aliphatic carbocycles. The normalized spacial score (nSPS) is 16.0. The fourth-order valence-corrected chi connectivity index (χ4v) is 4.65. The first-order chi connectivity index (χ1) is 15.8. The summed E-state index contributed by atoms with van der Waals surface area (Å²) in [5.74, 6) is -0.101. The Bertz CT molecular complexity index is 1010. The summed E-state index contributed by atoms with van der Waals surface area (Å²) in [5, 5.41) is 5.62. The molecule has 178 valence electrons. The fraction of sp³-hybridized carbons (Fsp3) is 0.417. The molecule has 0 radical (unpaired) electrons. The van der Waals surface area contributed by atoms with Gasteiger partial charge in [-0.15, -0.1) is 0 Å². The number of benzene rings is 2. The van der Waals surface area contributed by atoms with Gasteiger partial charge in [-0.05, 0) is 29.9 Å². The lowest BCUT2D eigenvalue weighted by Crippen LogP contribution is -2.49. The van der Waals surface area contributed by atoms with Gasteiger partial charge in [0.15, 0.2) is 0 Å². The van der Waals surface area contributed by atoms with Gasteiger partial charge in [-0.3, -0.25) is 4.79 Å². The van der Waals surface area contributed by atoms with Crippen LogP contribution >= 0.6 is 0 Å². The van der Waals surface area contributed by atoms with E-state index in [1.54, 1.807) is 0 Å². The second-order valence-electron chi connectivity index (χ2n) is 8.30. The summed E-state index contributed by atoms with van der Waals surface area (Å²) in [5.41, 5.74) is 1.78. The van der Waals surface area contributed by atoms with Crippen LogP contribution in [0.3, 0.4) is 0 Å². The van der Waals surface area contributed by atoms with Gasteiger partial charge in [-0.2, -0.15) is 0 Å². The molecule has 1 heterocycles. The van der Waals surface area contributed by atoms with Crippen molar-refractivity contribution in [2.24, 2.45) is 5.92 Å². The highest BCUT2D eigenvalue weighted by atomic mass is 32.2. The summed E-state index contributed by atoms with van der Waals surface area (Å²) >= 11 is 0. The van der Waals surface area contributed by atoms with Crippen LogP contribution in [0.1, 0.15) is 24.0 Å². The van der Waals surface area contributed by atoms with Crippen molar-refractivity contribution in [2.45, 2.75) is 31.9 Å². The van der Waals surface area contributed by atoms with E-state index in [9.17, 15) is 18.0 Å². The summed E-state index contributed by atoms with van der Waals surface area (Å²) in [6.07, 6.45) is 2.26. The van der Waals surface area contributed by atoms with Crippen molar-refractivity contribution >= 4 is 22.0 Å². The van der Waals surface area contributed by atoms with Crippen LogP contribution in [0.4, 0.5) is 4.79 Å². The number of alkyl carbamates (subject to hydrolysis) is 1. The Morgan fingerprint density at radius 3 is 2.15 bits per heavy atom. The van der Waals surface area contributed by atoms with Crippen LogP contribution in [0.25, 0.3) is 0 Å². The molecule has 0 bridgehead atoms. The monoisotopic (exact) mass is 473 g/mol. The standard InChI is InChI=1S/C24H31N3O5S/c1-33(30,31)27-14-12-20(13-15-27)17-25-23(28)22(16-19-8-4-2-5-9-19)26-24(29)32-18-21-10-6-3-7-11-21/h2-11,20,22H,12-18H2,1H3,(H,25,28)(H,26,29). The van der Waals surface area contributed by atoms with E-state index in [1.165, 1.54) is 10.6 Å². The molecular formula is C24H31N3O5S. The van der Waals surface area contributed by atoms with Crippen LogP contribution in [0.15, 0.2) is 60.7 Å².